The van der Waals surface area contributed by atoms with Crippen molar-refractivity contribution in [3.63, 3.8) is 0 Å². The molecule has 2 aliphatic rings. The lowest BCUT2D eigenvalue weighted by atomic mass is 10.0. The maximum Gasteiger partial charge on any atom is 0.254 e. The number of nitriles is 2. The molecule has 2 aliphatic heterocycles. The number of carbonyl (C=O) groups is 3. The standard InChI is InChI=1S/C26H33N9O3/c1-18-10-22-29-13-19(14-35(22)31-18)25(38)30-17-26(2,3)32(15-23(36)33-8-4-6-20(33)11-27)16-24(37)34-9-5-7-21(34)12-28/h10,13-14,20-21H,4-9,15-17H2,1-3H3,(H,30,38)/t20-,21-/m1/s1. The van der Waals surface area contributed by atoms with Gasteiger partial charge in [-0.25, -0.2) is 9.50 Å². The van der Waals surface area contributed by atoms with Crippen LogP contribution in [-0.4, -0.2) is 97.4 Å². The summed E-state index contributed by atoms with van der Waals surface area (Å²) >= 11 is 0. The fourth-order valence-electron chi connectivity index (χ4n) is 5.01. The molecule has 200 valence electrons. The molecule has 3 amide bonds. The Labute approximate surface area is 221 Å². The van der Waals surface area contributed by atoms with Crippen LogP contribution in [0.1, 0.15) is 55.6 Å². The molecule has 12 nitrogen and oxygen atoms in total. The number of amides is 3. The lowest BCUT2D eigenvalue weighted by Crippen LogP contribution is -2.58. The van der Waals surface area contributed by atoms with Gasteiger partial charge in [-0.05, 0) is 46.5 Å². The van der Waals surface area contributed by atoms with Crippen molar-refractivity contribution in [3.05, 3.63) is 29.7 Å². The van der Waals surface area contributed by atoms with E-state index in [2.05, 4.69) is 27.5 Å². The van der Waals surface area contributed by atoms with Gasteiger partial charge in [0.1, 0.15) is 12.1 Å². The minimum Gasteiger partial charge on any atom is -0.350 e. The normalized spacial score (nSPS) is 19.5. The molecule has 0 radical (unpaired) electrons. The van der Waals surface area contributed by atoms with E-state index in [1.54, 1.807) is 25.4 Å². The smallest absolute Gasteiger partial charge is 0.254 e. The van der Waals surface area contributed by atoms with Gasteiger partial charge >= 0.3 is 0 Å². The van der Waals surface area contributed by atoms with Crippen LogP contribution < -0.4 is 5.32 Å². The summed E-state index contributed by atoms with van der Waals surface area (Å²) in [5, 5.41) is 26.1. The molecule has 12 heteroatoms. The average Bonchev–Trinajstić information content (AvgIpc) is 3.64. The van der Waals surface area contributed by atoms with E-state index in [0.717, 1.165) is 18.5 Å². The van der Waals surface area contributed by atoms with Gasteiger partial charge in [-0.2, -0.15) is 15.6 Å². The van der Waals surface area contributed by atoms with E-state index in [1.807, 2.05) is 26.8 Å². The quantitative estimate of drug-likeness (QED) is 0.540. The fourth-order valence-corrected chi connectivity index (χ4v) is 5.01. The van der Waals surface area contributed by atoms with Crippen molar-refractivity contribution >= 4 is 23.4 Å². The predicted molar refractivity (Wildman–Crippen MR) is 136 cm³/mol. The molecular weight excluding hydrogens is 486 g/mol. The average molecular weight is 520 g/mol. The summed E-state index contributed by atoms with van der Waals surface area (Å²) in [6, 6.07) is 5.23. The number of rotatable bonds is 8. The zero-order valence-electron chi connectivity index (χ0n) is 22.1. The largest absolute Gasteiger partial charge is 0.350 e. The molecule has 2 atom stereocenters. The Morgan fingerprint density at radius 3 is 2.21 bits per heavy atom. The molecule has 0 aliphatic carbocycles. The van der Waals surface area contributed by atoms with E-state index in [0.29, 0.717) is 37.1 Å². The molecule has 0 bridgehead atoms. The van der Waals surface area contributed by atoms with Gasteiger partial charge < -0.3 is 15.1 Å². The van der Waals surface area contributed by atoms with Gasteiger partial charge in [0.2, 0.25) is 11.8 Å². The Morgan fingerprint density at radius 2 is 1.66 bits per heavy atom. The maximum atomic E-state index is 13.2. The number of carbonyl (C=O) groups excluding carboxylic acids is 3. The molecule has 4 rings (SSSR count). The number of hydrogen-bond donors (Lipinski definition) is 1. The monoisotopic (exact) mass is 519 g/mol. The Bertz CT molecular complexity index is 1260. The van der Waals surface area contributed by atoms with E-state index in [9.17, 15) is 24.9 Å². The van der Waals surface area contributed by atoms with Crippen molar-refractivity contribution in [2.45, 2.75) is 64.1 Å². The first-order valence-electron chi connectivity index (χ1n) is 12.9. The van der Waals surface area contributed by atoms with E-state index >= 15 is 0 Å². The molecule has 2 aromatic rings. The minimum atomic E-state index is -0.801. The van der Waals surface area contributed by atoms with Crippen molar-refractivity contribution in [1.29, 1.82) is 10.5 Å². The zero-order valence-corrected chi connectivity index (χ0v) is 22.1. The summed E-state index contributed by atoms with van der Waals surface area (Å²) < 4.78 is 1.54. The van der Waals surface area contributed by atoms with Crippen LogP contribution in [0.4, 0.5) is 0 Å². The van der Waals surface area contributed by atoms with Crippen molar-refractivity contribution < 1.29 is 14.4 Å². The summed E-state index contributed by atoms with van der Waals surface area (Å²) in [7, 11) is 0. The number of aromatic nitrogens is 3. The van der Waals surface area contributed by atoms with Crippen molar-refractivity contribution in [3.8, 4) is 12.1 Å². The molecule has 2 aromatic heterocycles. The number of nitrogens with one attached hydrogen (secondary N) is 1. The Morgan fingerprint density at radius 1 is 1.08 bits per heavy atom. The third-order valence-electron chi connectivity index (χ3n) is 7.33. The molecule has 0 saturated carbocycles. The van der Waals surface area contributed by atoms with Gasteiger partial charge in [0.15, 0.2) is 5.65 Å². The maximum absolute atomic E-state index is 13.2. The molecule has 1 N–H and O–H groups in total. The van der Waals surface area contributed by atoms with Gasteiger partial charge in [-0.1, -0.05) is 0 Å². The first-order chi connectivity index (χ1) is 18.1. The SMILES string of the molecule is Cc1cc2ncc(C(=O)NCC(C)(C)N(CC(=O)N3CCC[C@@H]3C#N)CC(=O)N3CCC[C@@H]3C#N)cn2n1. The zero-order chi connectivity index (χ0) is 27.4. The summed E-state index contributed by atoms with van der Waals surface area (Å²) in [6.45, 7) is 6.52. The minimum absolute atomic E-state index is 0.0854. The second-order valence-electron chi connectivity index (χ2n) is 10.5. The number of fused-ring (bicyclic) bond motifs is 1. The number of hydrogen-bond acceptors (Lipinski definition) is 8. The van der Waals surface area contributed by atoms with Crippen LogP contribution in [0.3, 0.4) is 0 Å². The molecule has 0 aromatic carbocycles. The van der Waals surface area contributed by atoms with Gasteiger partial charge in [0.25, 0.3) is 5.91 Å². The van der Waals surface area contributed by atoms with Gasteiger partial charge in [0.05, 0.1) is 36.5 Å². The van der Waals surface area contributed by atoms with Gasteiger partial charge in [-0.3, -0.25) is 19.3 Å². The topological polar surface area (TPSA) is 151 Å². The van der Waals surface area contributed by atoms with E-state index in [1.165, 1.54) is 6.20 Å². The van der Waals surface area contributed by atoms with Crippen LogP contribution in [-0.2, 0) is 9.59 Å². The fraction of sp³-hybridized carbons (Fsp3) is 0.577. The molecule has 2 saturated heterocycles. The second kappa shape index (κ2) is 11.2. The summed E-state index contributed by atoms with van der Waals surface area (Å²) in [6.07, 6.45) is 5.86. The molecule has 0 spiro atoms. The molecular formula is C26H33N9O3. The molecule has 38 heavy (non-hydrogen) atoms. The van der Waals surface area contributed by atoms with Gasteiger partial charge in [0, 0.05) is 43.6 Å². The van der Waals surface area contributed by atoms with E-state index < -0.39 is 17.6 Å². The van der Waals surface area contributed by atoms with Crippen molar-refractivity contribution in [1.82, 2.24) is 34.6 Å². The van der Waals surface area contributed by atoms with Crippen LogP contribution in [0.5, 0.6) is 0 Å². The lowest BCUT2D eigenvalue weighted by molar-refractivity contribution is -0.138. The van der Waals surface area contributed by atoms with Crippen LogP contribution in [0.15, 0.2) is 18.5 Å². The lowest BCUT2D eigenvalue weighted by Gasteiger charge is -2.39. The molecule has 4 heterocycles. The highest BCUT2D eigenvalue weighted by atomic mass is 16.2. The Balaban J connectivity index is 1.49. The summed E-state index contributed by atoms with van der Waals surface area (Å²) in [5.74, 6) is -0.821. The van der Waals surface area contributed by atoms with E-state index in [4.69, 9.17) is 0 Å². The van der Waals surface area contributed by atoms with Crippen LogP contribution in [0, 0.1) is 29.6 Å². The third kappa shape index (κ3) is 5.76. The Kier molecular flexibility index (Phi) is 7.93. The summed E-state index contributed by atoms with van der Waals surface area (Å²) in [5.41, 5.74) is 0.954. The number of nitrogens with zero attached hydrogens (tertiary/aromatic N) is 8. The van der Waals surface area contributed by atoms with Crippen LogP contribution in [0.25, 0.3) is 5.65 Å². The highest BCUT2D eigenvalue weighted by Crippen LogP contribution is 2.22. The van der Waals surface area contributed by atoms with E-state index in [-0.39, 0.29) is 37.4 Å². The Hall–Kier alpha value is -4.03. The first kappa shape index (κ1) is 27.0. The van der Waals surface area contributed by atoms with Crippen molar-refractivity contribution in [2.75, 3.05) is 32.7 Å². The second-order valence-corrected chi connectivity index (χ2v) is 10.5. The van der Waals surface area contributed by atoms with Crippen LogP contribution >= 0.6 is 0 Å². The highest BCUT2D eigenvalue weighted by molar-refractivity contribution is 5.93. The molecule has 2 fully saturated rings. The number of likely N-dealkylation sites (tertiary alicyclic amines) is 2. The molecule has 0 unspecified atom stereocenters. The first-order valence-corrected chi connectivity index (χ1v) is 12.9. The third-order valence-corrected chi connectivity index (χ3v) is 7.33. The summed E-state index contributed by atoms with van der Waals surface area (Å²) in [4.78, 5) is 48.6. The number of aryl methyl sites for hydroxylation is 1. The van der Waals surface area contributed by atoms with Crippen molar-refractivity contribution in [2.24, 2.45) is 0 Å². The van der Waals surface area contributed by atoms with Gasteiger partial charge in [-0.15, -0.1) is 0 Å². The predicted octanol–water partition coefficient (Wildman–Crippen LogP) is 0.877. The van der Waals surface area contributed by atoms with Crippen LogP contribution in [0.2, 0.25) is 0 Å². The highest BCUT2D eigenvalue weighted by Gasteiger charge is 2.37.